The van der Waals surface area contributed by atoms with Crippen LogP contribution >= 0.6 is 15.9 Å². The molecule has 2 rings (SSSR count). The number of ether oxygens (including phenoxy) is 1. The van der Waals surface area contributed by atoms with Crippen molar-refractivity contribution in [2.45, 2.75) is 13.0 Å². The Morgan fingerprint density at radius 3 is 2.57 bits per heavy atom. The van der Waals surface area contributed by atoms with Crippen molar-refractivity contribution < 1.29 is 9.53 Å². The molecular weight excluding hydrogens is 332 g/mol. The number of para-hydroxylation sites is 1. The highest BCUT2D eigenvalue weighted by molar-refractivity contribution is 9.10. The van der Waals surface area contributed by atoms with Crippen LogP contribution in [0, 0.1) is 11.3 Å². The summed E-state index contributed by atoms with van der Waals surface area (Å²) >= 11 is 3.33. The topological polar surface area (TPSA) is 62.1 Å². The molecule has 1 amide bonds. The van der Waals surface area contributed by atoms with Crippen molar-refractivity contribution in [3.8, 4) is 11.8 Å². The first kappa shape index (κ1) is 15.1. The van der Waals surface area contributed by atoms with E-state index in [9.17, 15) is 4.79 Å². The number of benzene rings is 2. The van der Waals surface area contributed by atoms with Gasteiger partial charge in [-0.3, -0.25) is 4.79 Å². The summed E-state index contributed by atoms with van der Waals surface area (Å²) in [6.45, 7) is 1.64. The zero-order valence-corrected chi connectivity index (χ0v) is 12.9. The second kappa shape index (κ2) is 6.91. The Balaban J connectivity index is 2.03. The summed E-state index contributed by atoms with van der Waals surface area (Å²) in [4.78, 5) is 12.1. The van der Waals surface area contributed by atoms with Crippen molar-refractivity contribution >= 4 is 27.5 Å². The third-order valence-electron chi connectivity index (χ3n) is 2.79. The molecule has 1 N–H and O–H groups in total. The van der Waals surface area contributed by atoms with Gasteiger partial charge in [-0.1, -0.05) is 28.1 Å². The lowest BCUT2D eigenvalue weighted by Gasteiger charge is -2.15. The maximum absolute atomic E-state index is 12.1. The molecule has 21 heavy (non-hydrogen) atoms. The minimum atomic E-state index is -0.705. The predicted octanol–water partition coefficient (Wildman–Crippen LogP) is 3.73. The first-order chi connectivity index (χ1) is 10.1. The van der Waals surface area contributed by atoms with Crippen LogP contribution in [0.15, 0.2) is 53.0 Å². The van der Waals surface area contributed by atoms with Gasteiger partial charge in [0.15, 0.2) is 6.10 Å². The number of hydrogen-bond donors (Lipinski definition) is 1. The van der Waals surface area contributed by atoms with Crippen LogP contribution in [0.3, 0.4) is 0 Å². The SMILES string of the molecule is CC(Oc1ccccc1C#N)C(=O)Nc1ccc(Br)cc1. The molecule has 0 aliphatic heterocycles. The summed E-state index contributed by atoms with van der Waals surface area (Å²) in [5.74, 6) is 0.128. The fourth-order valence-corrected chi connectivity index (χ4v) is 1.95. The van der Waals surface area contributed by atoms with Gasteiger partial charge in [-0.2, -0.15) is 5.26 Å². The highest BCUT2D eigenvalue weighted by Crippen LogP contribution is 2.19. The lowest BCUT2D eigenvalue weighted by atomic mass is 10.2. The summed E-state index contributed by atoms with van der Waals surface area (Å²) in [7, 11) is 0. The van der Waals surface area contributed by atoms with Crippen molar-refractivity contribution in [3.05, 3.63) is 58.6 Å². The van der Waals surface area contributed by atoms with Gasteiger partial charge in [-0.15, -0.1) is 0 Å². The molecule has 1 atom stereocenters. The highest BCUT2D eigenvalue weighted by Gasteiger charge is 2.16. The molecule has 0 aliphatic carbocycles. The van der Waals surface area contributed by atoms with E-state index in [0.29, 0.717) is 17.0 Å². The first-order valence-electron chi connectivity index (χ1n) is 6.32. The van der Waals surface area contributed by atoms with E-state index < -0.39 is 6.10 Å². The van der Waals surface area contributed by atoms with Gasteiger partial charge in [0, 0.05) is 10.2 Å². The molecule has 0 bridgehead atoms. The minimum absolute atomic E-state index is 0.273. The molecule has 0 saturated carbocycles. The number of carbonyl (C=O) groups excluding carboxylic acids is 1. The van der Waals surface area contributed by atoms with E-state index in [0.717, 1.165) is 4.47 Å². The molecule has 0 fully saturated rings. The molecule has 0 radical (unpaired) electrons. The predicted molar refractivity (Wildman–Crippen MR) is 84.0 cm³/mol. The molecule has 0 spiro atoms. The lowest BCUT2D eigenvalue weighted by molar-refractivity contribution is -0.122. The summed E-state index contributed by atoms with van der Waals surface area (Å²) in [6, 6.07) is 16.1. The molecular formula is C16H13BrN2O2. The number of amides is 1. The van der Waals surface area contributed by atoms with Gasteiger partial charge in [0.05, 0.1) is 5.56 Å². The van der Waals surface area contributed by atoms with E-state index >= 15 is 0 Å². The van der Waals surface area contributed by atoms with Gasteiger partial charge >= 0.3 is 0 Å². The molecule has 2 aromatic carbocycles. The molecule has 0 aliphatic rings. The summed E-state index contributed by atoms with van der Waals surface area (Å²) in [5, 5.41) is 11.8. The number of anilines is 1. The number of nitrogens with zero attached hydrogens (tertiary/aromatic N) is 1. The standard InChI is InChI=1S/C16H13BrN2O2/c1-11(21-15-5-3-2-4-12(15)10-18)16(20)19-14-8-6-13(17)7-9-14/h2-9,11H,1H3,(H,19,20). The van der Waals surface area contributed by atoms with Crippen LogP contribution in [0.4, 0.5) is 5.69 Å². The van der Waals surface area contributed by atoms with Crippen LogP contribution in [0.25, 0.3) is 0 Å². The maximum atomic E-state index is 12.1. The van der Waals surface area contributed by atoms with Crippen molar-refractivity contribution in [1.29, 1.82) is 5.26 Å². The summed E-state index contributed by atoms with van der Waals surface area (Å²) in [5.41, 5.74) is 1.09. The fourth-order valence-electron chi connectivity index (χ4n) is 1.68. The number of nitriles is 1. The van der Waals surface area contributed by atoms with Crippen LogP contribution in [0.1, 0.15) is 12.5 Å². The Morgan fingerprint density at radius 1 is 1.24 bits per heavy atom. The van der Waals surface area contributed by atoms with Crippen molar-refractivity contribution in [2.24, 2.45) is 0 Å². The van der Waals surface area contributed by atoms with Crippen molar-refractivity contribution in [1.82, 2.24) is 0 Å². The second-order valence-electron chi connectivity index (χ2n) is 4.36. The molecule has 2 aromatic rings. The zero-order valence-electron chi connectivity index (χ0n) is 11.3. The highest BCUT2D eigenvalue weighted by atomic mass is 79.9. The Hall–Kier alpha value is -2.32. The molecule has 1 unspecified atom stereocenters. The molecule has 0 saturated heterocycles. The van der Waals surface area contributed by atoms with E-state index in [1.807, 2.05) is 18.2 Å². The smallest absolute Gasteiger partial charge is 0.265 e. The zero-order chi connectivity index (χ0) is 15.2. The quantitative estimate of drug-likeness (QED) is 0.919. The monoisotopic (exact) mass is 344 g/mol. The van der Waals surface area contributed by atoms with E-state index in [2.05, 4.69) is 21.2 Å². The van der Waals surface area contributed by atoms with Crippen LogP contribution < -0.4 is 10.1 Å². The number of hydrogen-bond acceptors (Lipinski definition) is 3. The van der Waals surface area contributed by atoms with Gasteiger partial charge in [-0.25, -0.2) is 0 Å². The lowest BCUT2D eigenvalue weighted by Crippen LogP contribution is -2.30. The van der Waals surface area contributed by atoms with Gasteiger partial charge < -0.3 is 10.1 Å². The van der Waals surface area contributed by atoms with Crippen LogP contribution in [0.5, 0.6) is 5.75 Å². The molecule has 4 nitrogen and oxygen atoms in total. The maximum Gasteiger partial charge on any atom is 0.265 e. The van der Waals surface area contributed by atoms with Crippen LogP contribution in [-0.4, -0.2) is 12.0 Å². The van der Waals surface area contributed by atoms with E-state index in [4.69, 9.17) is 10.00 Å². The van der Waals surface area contributed by atoms with Gasteiger partial charge in [0.2, 0.25) is 0 Å². The Kier molecular flexibility index (Phi) is 4.96. The van der Waals surface area contributed by atoms with Gasteiger partial charge in [0.25, 0.3) is 5.91 Å². The first-order valence-corrected chi connectivity index (χ1v) is 7.11. The summed E-state index contributed by atoms with van der Waals surface area (Å²) < 4.78 is 6.49. The Morgan fingerprint density at radius 2 is 1.90 bits per heavy atom. The summed E-state index contributed by atoms with van der Waals surface area (Å²) in [6.07, 6.45) is -0.705. The second-order valence-corrected chi connectivity index (χ2v) is 5.28. The number of carbonyl (C=O) groups is 1. The van der Waals surface area contributed by atoms with Crippen molar-refractivity contribution in [3.63, 3.8) is 0 Å². The molecule has 0 heterocycles. The Labute approximate surface area is 131 Å². The third kappa shape index (κ3) is 4.07. The molecule has 106 valence electrons. The number of rotatable bonds is 4. The van der Waals surface area contributed by atoms with Crippen LogP contribution in [-0.2, 0) is 4.79 Å². The number of halogens is 1. The van der Waals surface area contributed by atoms with Gasteiger partial charge in [-0.05, 0) is 43.3 Å². The van der Waals surface area contributed by atoms with Crippen LogP contribution in [0.2, 0.25) is 0 Å². The van der Waals surface area contributed by atoms with E-state index in [-0.39, 0.29) is 5.91 Å². The fraction of sp³-hybridized carbons (Fsp3) is 0.125. The number of nitrogens with one attached hydrogen (secondary N) is 1. The van der Waals surface area contributed by atoms with E-state index in [1.165, 1.54) is 0 Å². The normalized spacial score (nSPS) is 11.3. The van der Waals surface area contributed by atoms with Crippen molar-refractivity contribution in [2.75, 3.05) is 5.32 Å². The minimum Gasteiger partial charge on any atom is -0.480 e. The average Bonchev–Trinajstić information content (AvgIpc) is 2.50. The molecule has 5 heteroatoms. The van der Waals surface area contributed by atoms with Gasteiger partial charge in [0.1, 0.15) is 11.8 Å². The average molecular weight is 345 g/mol. The largest absolute Gasteiger partial charge is 0.480 e. The van der Waals surface area contributed by atoms with E-state index in [1.54, 1.807) is 43.3 Å². The Bertz CT molecular complexity index is 677. The third-order valence-corrected chi connectivity index (χ3v) is 3.32. The molecule has 0 aromatic heterocycles.